The standard InChI is InChI=1S/C28H16F6N2O3/c29-27(30,31)18-5-1-3-15(9-18)17-10-20(35-14-17)13-23-22-8-7-19(28(32,33)34)12-24(22)36(25(23)37)21-6-2-4-16(11-21)26(38)39/h1-14,35H,(H,38,39). The van der Waals surface area contributed by atoms with E-state index in [0.29, 0.717) is 11.3 Å². The Hall–Kier alpha value is -4.80. The number of aromatic nitrogens is 1. The minimum Gasteiger partial charge on any atom is -0.478 e. The minimum atomic E-state index is -4.70. The van der Waals surface area contributed by atoms with E-state index in [1.807, 2.05) is 0 Å². The fourth-order valence-electron chi connectivity index (χ4n) is 4.33. The number of carboxylic acid groups (broad SMARTS) is 1. The average Bonchev–Trinajstić information content (AvgIpc) is 3.45. The maximum atomic E-state index is 13.5. The first kappa shape index (κ1) is 25.8. The zero-order chi connectivity index (χ0) is 28.1. The van der Waals surface area contributed by atoms with Crippen molar-refractivity contribution in [3.63, 3.8) is 0 Å². The molecule has 1 aromatic heterocycles. The maximum Gasteiger partial charge on any atom is 0.416 e. The van der Waals surface area contributed by atoms with Crippen LogP contribution in [0.5, 0.6) is 0 Å². The largest absolute Gasteiger partial charge is 0.478 e. The van der Waals surface area contributed by atoms with Crippen LogP contribution in [0.4, 0.5) is 37.7 Å². The molecule has 1 aliphatic heterocycles. The molecule has 0 saturated carbocycles. The van der Waals surface area contributed by atoms with E-state index < -0.39 is 35.4 Å². The van der Waals surface area contributed by atoms with Crippen LogP contribution in [0.3, 0.4) is 0 Å². The highest BCUT2D eigenvalue weighted by molar-refractivity contribution is 6.38. The quantitative estimate of drug-likeness (QED) is 0.206. The van der Waals surface area contributed by atoms with Crippen molar-refractivity contribution >= 4 is 34.9 Å². The van der Waals surface area contributed by atoms with E-state index in [0.717, 1.165) is 35.2 Å². The average molecular weight is 542 g/mol. The molecule has 11 heteroatoms. The van der Waals surface area contributed by atoms with Crippen LogP contribution in [0.15, 0.2) is 79.0 Å². The molecule has 0 saturated heterocycles. The number of H-pyrrole nitrogens is 1. The van der Waals surface area contributed by atoms with Crippen molar-refractivity contribution in [3.05, 3.63) is 107 Å². The van der Waals surface area contributed by atoms with E-state index in [9.17, 15) is 41.0 Å². The second-order valence-corrected chi connectivity index (χ2v) is 8.71. The number of anilines is 2. The SMILES string of the molecule is O=C(O)c1cccc(N2C(=O)C(=Cc3cc(-c4cccc(C(F)(F)F)c4)c[nH]3)c3ccc(C(F)(F)F)cc32)c1. The third-order valence-corrected chi connectivity index (χ3v) is 6.17. The van der Waals surface area contributed by atoms with Gasteiger partial charge in [0, 0.05) is 17.5 Å². The predicted octanol–water partition coefficient (Wildman–Crippen LogP) is 7.64. The molecule has 0 radical (unpaired) electrons. The van der Waals surface area contributed by atoms with Crippen LogP contribution >= 0.6 is 0 Å². The summed E-state index contributed by atoms with van der Waals surface area (Å²) in [5.74, 6) is -1.99. The summed E-state index contributed by atoms with van der Waals surface area (Å²) >= 11 is 0. The molecule has 2 N–H and O–H groups in total. The summed E-state index contributed by atoms with van der Waals surface area (Å²) in [5, 5.41) is 9.34. The number of benzene rings is 3. The molecule has 3 aromatic carbocycles. The Morgan fingerprint density at radius 2 is 1.51 bits per heavy atom. The Balaban J connectivity index is 1.59. The molecular weight excluding hydrogens is 526 g/mol. The number of carbonyl (C=O) groups is 2. The molecule has 5 nitrogen and oxygen atoms in total. The van der Waals surface area contributed by atoms with Crippen molar-refractivity contribution in [2.45, 2.75) is 12.4 Å². The van der Waals surface area contributed by atoms with Crippen molar-refractivity contribution in [1.82, 2.24) is 4.98 Å². The highest BCUT2D eigenvalue weighted by Crippen LogP contribution is 2.45. The van der Waals surface area contributed by atoms with Gasteiger partial charge in [-0.15, -0.1) is 0 Å². The number of carbonyl (C=O) groups excluding carboxylic acids is 1. The van der Waals surface area contributed by atoms with Crippen LogP contribution in [0, 0.1) is 0 Å². The van der Waals surface area contributed by atoms with Crippen molar-refractivity contribution in [2.75, 3.05) is 4.90 Å². The lowest BCUT2D eigenvalue weighted by molar-refractivity contribution is -0.138. The topological polar surface area (TPSA) is 73.4 Å². The second kappa shape index (κ2) is 9.19. The number of aromatic carboxylic acids is 1. The summed E-state index contributed by atoms with van der Waals surface area (Å²) in [6, 6.07) is 14.2. The number of halogens is 6. The molecule has 0 fully saturated rings. The maximum absolute atomic E-state index is 13.5. The van der Waals surface area contributed by atoms with Gasteiger partial charge >= 0.3 is 18.3 Å². The number of aromatic amines is 1. The van der Waals surface area contributed by atoms with E-state index >= 15 is 0 Å². The van der Waals surface area contributed by atoms with E-state index in [4.69, 9.17) is 0 Å². The fourth-order valence-corrected chi connectivity index (χ4v) is 4.33. The fraction of sp³-hybridized carbons (Fsp3) is 0.0714. The predicted molar refractivity (Wildman–Crippen MR) is 131 cm³/mol. The lowest BCUT2D eigenvalue weighted by Gasteiger charge is -2.19. The van der Waals surface area contributed by atoms with Gasteiger partial charge in [-0.2, -0.15) is 26.3 Å². The number of hydrogen-bond donors (Lipinski definition) is 2. The molecule has 0 aliphatic carbocycles. The highest BCUT2D eigenvalue weighted by Gasteiger charge is 2.38. The Labute approximate surface area is 216 Å². The first-order chi connectivity index (χ1) is 18.3. The highest BCUT2D eigenvalue weighted by atomic mass is 19.4. The molecule has 1 aliphatic rings. The number of nitrogens with one attached hydrogen (secondary N) is 1. The normalized spacial score (nSPS) is 14.7. The summed E-state index contributed by atoms with van der Waals surface area (Å²) in [7, 11) is 0. The van der Waals surface area contributed by atoms with Gasteiger partial charge in [0.2, 0.25) is 0 Å². The minimum absolute atomic E-state index is 0.0110. The van der Waals surface area contributed by atoms with Gasteiger partial charge in [0.15, 0.2) is 0 Å². The number of rotatable bonds is 4. The van der Waals surface area contributed by atoms with Gasteiger partial charge in [-0.25, -0.2) is 4.79 Å². The lowest BCUT2D eigenvalue weighted by Crippen LogP contribution is -2.21. The molecule has 0 bridgehead atoms. The van der Waals surface area contributed by atoms with Gasteiger partial charge in [0.25, 0.3) is 5.91 Å². The third kappa shape index (κ3) is 4.90. The van der Waals surface area contributed by atoms with E-state index in [1.165, 1.54) is 54.7 Å². The molecule has 39 heavy (non-hydrogen) atoms. The summed E-state index contributed by atoms with van der Waals surface area (Å²) in [6.45, 7) is 0. The smallest absolute Gasteiger partial charge is 0.416 e. The lowest BCUT2D eigenvalue weighted by atomic mass is 10.0. The molecule has 0 unspecified atom stereocenters. The molecular formula is C28H16F6N2O3. The molecule has 0 spiro atoms. The van der Waals surface area contributed by atoms with Gasteiger partial charge in [0.05, 0.1) is 33.6 Å². The zero-order valence-corrected chi connectivity index (χ0v) is 19.6. The van der Waals surface area contributed by atoms with Crippen LogP contribution in [-0.4, -0.2) is 22.0 Å². The number of carboxylic acids is 1. The number of fused-ring (bicyclic) bond motifs is 1. The van der Waals surface area contributed by atoms with Crippen LogP contribution in [0.1, 0.15) is 32.7 Å². The Bertz CT molecular complexity index is 1650. The first-order valence-corrected chi connectivity index (χ1v) is 11.3. The first-order valence-electron chi connectivity index (χ1n) is 11.3. The summed E-state index contributed by atoms with van der Waals surface area (Å²) < 4.78 is 79.9. The van der Waals surface area contributed by atoms with Crippen molar-refractivity contribution in [1.29, 1.82) is 0 Å². The van der Waals surface area contributed by atoms with Crippen LogP contribution in [0.2, 0.25) is 0 Å². The van der Waals surface area contributed by atoms with Gasteiger partial charge in [-0.1, -0.05) is 24.3 Å². The van der Waals surface area contributed by atoms with E-state index in [1.54, 1.807) is 0 Å². The van der Waals surface area contributed by atoms with E-state index in [-0.39, 0.29) is 33.6 Å². The molecule has 1 amide bonds. The zero-order valence-electron chi connectivity index (χ0n) is 19.6. The van der Waals surface area contributed by atoms with Crippen molar-refractivity contribution < 1.29 is 41.0 Å². The van der Waals surface area contributed by atoms with Gasteiger partial charge in [-0.3, -0.25) is 9.69 Å². The number of alkyl halides is 6. The molecule has 2 heterocycles. The summed E-state index contributed by atoms with van der Waals surface area (Å²) in [6.07, 6.45) is -6.40. The van der Waals surface area contributed by atoms with Crippen molar-refractivity contribution in [2.24, 2.45) is 0 Å². The molecule has 198 valence electrons. The molecule has 4 aromatic rings. The van der Waals surface area contributed by atoms with Crippen LogP contribution < -0.4 is 4.90 Å². The van der Waals surface area contributed by atoms with Gasteiger partial charge < -0.3 is 10.1 Å². The van der Waals surface area contributed by atoms with Gasteiger partial charge in [0.1, 0.15) is 0 Å². The van der Waals surface area contributed by atoms with Crippen molar-refractivity contribution in [3.8, 4) is 11.1 Å². The number of nitrogens with zero attached hydrogens (tertiary/aromatic N) is 1. The third-order valence-electron chi connectivity index (χ3n) is 6.17. The van der Waals surface area contributed by atoms with Gasteiger partial charge in [-0.05, 0) is 65.7 Å². The molecule has 0 atom stereocenters. The van der Waals surface area contributed by atoms with E-state index in [2.05, 4.69) is 4.98 Å². The van der Waals surface area contributed by atoms with Crippen LogP contribution in [-0.2, 0) is 17.1 Å². The summed E-state index contributed by atoms with van der Waals surface area (Å²) in [4.78, 5) is 28.9. The Morgan fingerprint density at radius 3 is 2.21 bits per heavy atom. The van der Waals surface area contributed by atoms with Crippen LogP contribution in [0.25, 0.3) is 22.8 Å². The Morgan fingerprint density at radius 1 is 0.821 bits per heavy atom. The molecule has 5 rings (SSSR count). The second-order valence-electron chi connectivity index (χ2n) is 8.71. The summed E-state index contributed by atoms with van der Waals surface area (Å²) in [5.41, 5.74) is -0.863. The Kier molecular flexibility index (Phi) is 6.09. The monoisotopic (exact) mass is 542 g/mol. The number of amides is 1. The number of hydrogen-bond acceptors (Lipinski definition) is 2.